The van der Waals surface area contributed by atoms with E-state index in [4.69, 9.17) is 9.47 Å². The van der Waals surface area contributed by atoms with E-state index in [1.165, 1.54) is 6.08 Å². The number of unbranched alkanes of at least 4 members (excludes halogenated alkanes) is 4. The summed E-state index contributed by atoms with van der Waals surface area (Å²) in [6.45, 7) is 2.89. The van der Waals surface area contributed by atoms with Gasteiger partial charge in [-0.2, -0.15) is 12.6 Å². The Balaban J connectivity index is 1.84. The maximum absolute atomic E-state index is 11.2. The standard InChI is InChI=1S/C18H30O4S/c19-17-8-9-18(20)16(15-17)7-3-1-2-4-10-21-12-13-22-11-5-6-14-23/h8-9,15,18,20,23H,1-7,10-14H2. The van der Waals surface area contributed by atoms with Crippen LogP contribution in [0.3, 0.4) is 0 Å². The quantitative estimate of drug-likeness (QED) is 0.376. The Kier molecular flexibility index (Phi) is 12.2. The van der Waals surface area contributed by atoms with Gasteiger partial charge in [0.05, 0.1) is 19.3 Å². The van der Waals surface area contributed by atoms with Crippen LogP contribution < -0.4 is 0 Å². The average Bonchev–Trinajstić information content (AvgIpc) is 2.55. The minimum Gasteiger partial charge on any atom is -0.385 e. The lowest BCUT2D eigenvalue weighted by Crippen LogP contribution is -2.13. The average molecular weight is 343 g/mol. The third kappa shape index (κ3) is 10.7. The summed E-state index contributed by atoms with van der Waals surface area (Å²) in [7, 11) is 0. The van der Waals surface area contributed by atoms with Crippen molar-refractivity contribution < 1.29 is 19.4 Å². The molecule has 0 spiro atoms. The molecule has 0 radical (unpaired) electrons. The number of allylic oxidation sites excluding steroid dienone is 2. The fourth-order valence-corrected chi connectivity index (χ4v) is 2.59. The molecule has 1 unspecified atom stereocenters. The Hall–Kier alpha value is -0.620. The monoisotopic (exact) mass is 342 g/mol. The molecule has 4 nitrogen and oxygen atoms in total. The first-order valence-corrected chi connectivity index (χ1v) is 9.24. The van der Waals surface area contributed by atoms with Crippen LogP contribution in [0.4, 0.5) is 0 Å². The predicted octanol–water partition coefficient (Wildman–Crippen LogP) is 3.11. The van der Waals surface area contributed by atoms with Crippen molar-refractivity contribution in [1.29, 1.82) is 0 Å². The van der Waals surface area contributed by atoms with Crippen molar-refractivity contribution in [3.63, 3.8) is 0 Å². The number of thiol groups is 1. The molecule has 0 aromatic heterocycles. The van der Waals surface area contributed by atoms with Crippen molar-refractivity contribution in [1.82, 2.24) is 0 Å². The number of aliphatic hydroxyl groups excluding tert-OH is 1. The fraction of sp³-hybridized carbons (Fsp3) is 0.722. The molecule has 1 rings (SSSR count). The topological polar surface area (TPSA) is 55.8 Å². The van der Waals surface area contributed by atoms with Gasteiger partial charge in [-0.1, -0.05) is 12.8 Å². The summed E-state index contributed by atoms with van der Waals surface area (Å²) < 4.78 is 11.0. The molecule has 0 fully saturated rings. The molecule has 0 bridgehead atoms. The molecule has 0 aliphatic heterocycles. The zero-order valence-electron chi connectivity index (χ0n) is 13.9. The van der Waals surface area contributed by atoms with Crippen molar-refractivity contribution >= 4 is 18.4 Å². The van der Waals surface area contributed by atoms with Gasteiger partial charge in [-0.05, 0) is 61.7 Å². The summed E-state index contributed by atoms with van der Waals surface area (Å²) in [6, 6.07) is 0. The Morgan fingerprint density at radius 2 is 1.61 bits per heavy atom. The lowest BCUT2D eigenvalue weighted by molar-refractivity contribution is -0.110. The zero-order valence-corrected chi connectivity index (χ0v) is 14.8. The maximum Gasteiger partial charge on any atom is 0.178 e. The van der Waals surface area contributed by atoms with Gasteiger partial charge in [-0.15, -0.1) is 0 Å². The van der Waals surface area contributed by atoms with Gasteiger partial charge in [0.15, 0.2) is 5.78 Å². The van der Waals surface area contributed by atoms with Crippen molar-refractivity contribution in [2.75, 3.05) is 32.2 Å². The van der Waals surface area contributed by atoms with E-state index < -0.39 is 6.10 Å². The fourth-order valence-electron chi connectivity index (χ4n) is 2.37. The van der Waals surface area contributed by atoms with Gasteiger partial charge in [-0.3, -0.25) is 4.79 Å². The van der Waals surface area contributed by atoms with Crippen LogP contribution in [0.1, 0.15) is 44.9 Å². The van der Waals surface area contributed by atoms with E-state index in [2.05, 4.69) is 12.6 Å². The van der Waals surface area contributed by atoms with Gasteiger partial charge in [-0.25, -0.2) is 0 Å². The third-order valence-electron chi connectivity index (χ3n) is 3.72. The van der Waals surface area contributed by atoms with Crippen LogP contribution in [0.25, 0.3) is 0 Å². The van der Waals surface area contributed by atoms with E-state index in [0.717, 1.165) is 69.5 Å². The summed E-state index contributed by atoms with van der Waals surface area (Å²) in [6.07, 6.45) is 11.2. The molecule has 1 aliphatic rings. The van der Waals surface area contributed by atoms with E-state index in [-0.39, 0.29) is 5.78 Å². The molecule has 23 heavy (non-hydrogen) atoms. The normalized spacial score (nSPS) is 17.6. The van der Waals surface area contributed by atoms with Crippen molar-refractivity contribution in [2.45, 2.75) is 51.0 Å². The number of rotatable bonds is 14. The second-order valence-corrected chi connectivity index (χ2v) is 6.19. The minimum atomic E-state index is -0.580. The largest absolute Gasteiger partial charge is 0.385 e. The van der Waals surface area contributed by atoms with E-state index in [1.54, 1.807) is 12.2 Å². The minimum absolute atomic E-state index is 0.0217. The van der Waals surface area contributed by atoms with Gasteiger partial charge >= 0.3 is 0 Å². The van der Waals surface area contributed by atoms with Crippen molar-refractivity contribution in [2.24, 2.45) is 0 Å². The highest BCUT2D eigenvalue weighted by atomic mass is 32.1. The number of carbonyl (C=O) groups is 1. The molecule has 0 amide bonds. The molecule has 0 aromatic rings. The number of ketones is 1. The molecular formula is C18H30O4S. The number of hydrogen-bond acceptors (Lipinski definition) is 5. The number of aliphatic hydroxyl groups is 1. The lowest BCUT2D eigenvalue weighted by Gasteiger charge is -2.14. The SMILES string of the molecule is O=C1C=CC(O)C(CCCCCCOCCOCCCCS)=C1. The van der Waals surface area contributed by atoms with E-state index in [0.29, 0.717) is 13.2 Å². The summed E-state index contributed by atoms with van der Waals surface area (Å²) in [5.74, 6) is 0.898. The Morgan fingerprint density at radius 1 is 0.957 bits per heavy atom. The zero-order chi connectivity index (χ0) is 16.8. The van der Waals surface area contributed by atoms with Crippen LogP contribution in [0.2, 0.25) is 0 Å². The summed E-state index contributed by atoms with van der Waals surface area (Å²) >= 11 is 4.15. The Bertz CT molecular complexity index is 379. The van der Waals surface area contributed by atoms with Crippen LogP contribution in [0, 0.1) is 0 Å². The summed E-state index contributed by atoms with van der Waals surface area (Å²) in [5, 5.41) is 9.74. The molecule has 1 N–H and O–H groups in total. The molecule has 1 aliphatic carbocycles. The molecule has 5 heteroatoms. The van der Waals surface area contributed by atoms with Crippen molar-refractivity contribution in [3.05, 3.63) is 23.8 Å². The molecule has 1 atom stereocenters. The highest BCUT2D eigenvalue weighted by Crippen LogP contribution is 2.17. The Labute approximate surface area is 145 Å². The van der Waals surface area contributed by atoms with Crippen LogP contribution in [0.5, 0.6) is 0 Å². The molecule has 0 saturated carbocycles. The second kappa shape index (κ2) is 13.8. The van der Waals surface area contributed by atoms with Crippen LogP contribution >= 0.6 is 12.6 Å². The first kappa shape index (κ1) is 20.4. The van der Waals surface area contributed by atoms with Gasteiger partial charge < -0.3 is 14.6 Å². The number of ether oxygens (including phenoxy) is 2. The van der Waals surface area contributed by atoms with Crippen LogP contribution in [-0.2, 0) is 14.3 Å². The number of hydrogen-bond donors (Lipinski definition) is 2. The third-order valence-corrected chi connectivity index (χ3v) is 4.04. The van der Waals surface area contributed by atoms with E-state index in [1.807, 2.05) is 0 Å². The summed E-state index contributed by atoms with van der Waals surface area (Å²) in [4.78, 5) is 11.2. The van der Waals surface area contributed by atoms with Gasteiger partial charge in [0.25, 0.3) is 0 Å². The van der Waals surface area contributed by atoms with Crippen molar-refractivity contribution in [3.8, 4) is 0 Å². The molecule has 0 heterocycles. The van der Waals surface area contributed by atoms with Gasteiger partial charge in [0.2, 0.25) is 0 Å². The van der Waals surface area contributed by atoms with E-state index in [9.17, 15) is 9.90 Å². The first-order valence-electron chi connectivity index (χ1n) is 8.61. The number of carbonyl (C=O) groups excluding carboxylic acids is 1. The lowest BCUT2D eigenvalue weighted by atomic mass is 9.96. The molecular weight excluding hydrogens is 312 g/mol. The molecule has 0 saturated heterocycles. The molecule has 132 valence electrons. The maximum atomic E-state index is 11.2. The smallest absolute Gasteiger partial charge is 0.178 e. The van der Waals surface area contributed by atoms with Gasteiger partial charge in [0.1, 0.15) is 0 Å². The van der Waals surface area contributed by atoms with E-state index >= 15 is 0 Å². The second-order valence-electron chi connectivity index (χ2n) is 5.75. The highest BCUT2D eigenvalue weighted by molar-refractivity contribution is 7.80. The first-order chi connectivity index (χ1) is 11.2. The predicted molar refractivity (Wildman–Crippen MR) is 96.0 cm³/mol. The van der Waals surface area contributed by atoms with Crippen LogP contribution in [0.15, 0.2) is 23.8 Å². The van der Waals surface area contributed by atoms with Gasteiger partial charge in [0, 0.05) is 13.2 Å². The molecule has 0 aromatic carbocycles. The summed E-state index contributed by atoms with van der Waals surface area (Å²) in [5.41, 5.74) is 0.837. The highest BCUT2D eigenvalue weighted by Gasteiger charge is 2.13. The Morgan fingerprint density at radius 3 is 2.30 bits per heavy atom. The van der Waals surface area contributed by atoms with Crippen LogP contribution in [-0.4, -0.2) is 49.2 Å².